The van der Waals surface area contributed by atoms with Gasteiger partial charge in [0, 0.05) is 11.6 Å². The number of benzene rings is 1. The highest BCUT2D eigenvalue weighted by Crippen LogP contribution is 2.38. The smallest absolute Gasteiger partial charge is 0.225 e. The lowest BCUT2D eigenvalue weighted by Crippen LogP contribution is -2.49. The zero-order valence-corrected chi connectivity index (χ0v) is 13.1. The Kier molecular flexibility index (Phi) is 4.51. The number of halogens is 1. The first kappa shape index (κ1) is 14.9. The Morgan fingerprint density at radius 2 is 1.90 bits per heavy atom. The minimum absolute atomic E-state index is 0.121. The van der Waals surface area contributed by atoms with Crippen molar-refractivity contribution in [3.05, 3.63) is 34.9 Å². The molecule has 4 heteroatoms. The SMILES string of the molecule is O=C(NC1(c2ccc(Cl)cc2)CCCCC1)C1CCNC1. The van der Waals surface area contributed by atoms with Crippen molar-refractivity contribution in [3.8, 4) is 0 Å². The Morgan fingerprint density at radius 3 is 2.52 bits per heavy atom. The molecular weight excluding hydrogens is 284 g/mol. The van der Waals surface area contributed by atoms with E-state index in [4.69, 9.17) is 11.6 Å². The van der Waals surface area contributed by atoms with Gasteiger partial charge in [0.15, 0.2) is 0 Å². The van der Waals surface area contributed by atoms with Crippen LogP contribution in [0.4, 0.5) is 0 Å². The zero-order valence-electron chi connectivity index (χ0n) is 12.3. The molecule has 2 N–H and O–H groups in total. The van der Waals surface area contributed by atoms with Gasteiger partial charge in [-0.1, -0.05) is 43.0 Å². The number of rotatable bonds is 3. The van der Waals surface area contributed by atoms with Gasteiger partial charge in [-0.3, -0.25) is 4.79 Å². The van der Waals surface area contributed by atoms with E-state index in [0.29, 0.717) is 0 Å². The van der Waals surface area contributed by atoms with Gasteiger partial charge in [0.25, 0.3) is 0 Å². The highest BCUT2D eigenvalue weighted by molar-refractivity contribution is 6.30. The van der Waals surface area contributed by atoms with Crippen molar-refractivity contribution >= 4 is 17.5 Å². The molecule has 3 rings (SSSR count). The van der Waals surface area contributed by atoms with Gasteiger partial charge in [0.2, 0.25) is 5.91 Å². The van der Waals surface area contributed by atoms with Crippen LogP contribution in [-0.4, -0.2) is 19.0 Å². The third-order valence-electron chi connectivity index (χ3n) is 4.90. The molecular formula is C17H23ClN2O. The van der Waals surface area contributed by atoms with E-state index in [1.165, 1.54) is 24.8 Å². The van der Waals surface area contributed by atoms with Crippen molar-refractivity contribution in [3.63, 3.8) is 0 Å². The van der Waals surface area contributed by atoms with Crippen LogP contribution < -0.4 is 10.6 Å². The summed E-state index contributed by atoms with van der Waals surface area (Å²) in [6.07, 6.45) is 6.61. The van der Waals surface area contributed by atoms with E-state index in [2.05, 4.69) is 22.8 Å². The van der Waals surface area contributed by atoms with E-state index in [9.17, 15) is 4.79 Å². The van der Waals surface area contributed by atoms with E-state index < -0.39 is 0 Å². The quantitative estimate of drug-likeness (QED) is 0.900. The van der Waals surface area contributed by atoms with Gasteiger partial charge in [0.05, 0.1) is 11.5 Å². The van der Waals surface area contributed by atoms with E-state index in [0.717, 1.165) is 37.4 Å². The van der Waals surface area contributed by atoms with Gasteiger partial charge in [0.1, 0.15) is 0 Å². The minimum Gasteiger partial charge on any atom is -0.346 e. The normalized spacial score (nSPS) is 24.7. The largest absolute Gasteiger partial charge is 0.346 e. The van der Waals surface area contributed by atoms with Crippen molar-refractivity contribution in [2.45, 2.75) is 44.1 Å². The van der Waals surface area contributed by atoms with Gasteiger partial charge >= 0.3 is 0 Å². The number of carbonyl (C=O) groups is 1. The summed E-state index contributed by atoms with van der Waals surface area (Å²) < 4.78 is 0. The molecule has 0 radical (unpaired) electrons. The fourth-order valence-corrected chi connectivity index (χ4v) is 3.75. The Morgan fingerprint density at radius 1 is 1.19 bits per heavy atom. The first-order valence-corrected chi connectivity index (χ1v) is 8.36. The van der Waals surface area contributed by atoms with Gasteiger partial charge in [-0.05, 0) is 43.5 Å². The number of carbonyl (C=O) groups excluding carboxylic acids is 1. The van der Waals surface area contributed by atoms with Gasteiger partial charge in [-0.25, -0.2) is 0 Å². The van der Waals surface area contributed by atoms with Crippen LogP contribution in [0.15, 0.2) is 24.3 Å². The predicted molar refractivity (Wildman–Crippen MR) is 85.3 cm³/mol. The molecule has 1 saturated heterocycles. The summed E-state index contributed by atoms with van der Waals surface area (Å²) in [4.78, 5) is 12.6. The molecule has 1 aliphatic heterocycles. The molecule has 1 heterocycles. The maximum atomic E-state index is 12.6. The Hall–Kier alpha value is -1.06. The number of nitrogens with one attached hydrogen (secondary N) is 2. The second-order valence-electron chi connectivity index (χ2n) is 6.33. The second-order valence-corrected chi connectivity index (χ2v) is 6.77. The van der Waals surface area contributed by atoms with Crippen molar-refractivity contribution in [2.24, 2.45) is 5.92 Å². The Labute approximate surface area is 131 Å². The average molecular weight is 307 g/mol. The molecule has 1 saturated carbocycles. The minimum atomic E-state index is -0.192. The molecule has 3 nitrogen and oxygen atoms in total. The Balaban J connectivity index is 1.82. The molecule has 0 aromatic heterocycles. The summed E-state index contributed by atoms with van der Waals surface area (Å²) in [7, 11) is 0. The number of hydrogen-bond acceptors (Lipinski definition) is 2. The molecule has 1 aromatic rings. The van der Waals surface area contributed by atoms with Crippen LogP contribution in [-0.2, 0) is 10.3 Å². The topological polar surface area (TPSA) is 41.1 Å². The lowest BCUT2D eigenvalue weighted by Gasteiger charge is -2.39. The standard InChI is InChI=1S/C17H23ClN2O/c18-15-6-4-14(5-7-15)17(9-2-1-3-10-17)20-16(21)13-8-11-19-12-13/h4-7,13,19H,1-3,8-12H2,(H,20,21). The lowest BCUT2D eigenvalue weighted by atomic mass is 9.76. The second kappa shape index (κ2) is 6.37. The maximum absolute atomic E-state index is 12.6. The van der Waals surface area contributed by atoms with Crippen molar-refractivity contribution < 1.29 is 4.79 Å². The molecule has 0 spiro atoms. The summed E-state index contributed by atoms with van der Waals surface area (Å²) in [5.74, 6) is 0.327. The molecule has 114 valence electrons. The maximum Gasteiger partial charge on any atom is 0.225 e. The van der Waals surface area contributed by atoms with Crippen LogP contribution in [0, 0.1) is 5.92 Å². The van der Waals surface area contributed by atoms with Crippen LogP contribution in [0.2, 0.25) is 5.02 Å². The predicted octanol–water partition coefficient (Wildman–Crippen LogP) is 3.23. The summed E-state index contributed by atoms with van der Waals surface area (Å²) in [5, 5.41) is 7.41. The highest BCUT2D eigenvalue weighted by atomic mass is 35.5. The van der Waals surface area contributed by atoms with Crippen molar-refractivity contribution in [2.75, 3.05) is 13.1 Å². The molecule has 1 atom stereocenters. The Bertz CT molecular complexity index is 488. The van der Waals surface area contributed by atoms with Gasteiger partial charge in [-0.15, -0.1) is 0 Å². The summed E-state index contributed by atoms with van der Waals surface area (Å²) >= 11 is 6.01. The van der Waals surface area contributed by atoms with Crippen LogP contribution in [0.1, 0.15) is 44.1 Å². The monoisotopic (exact) mass is 306 g/mol. The molecule has 1 amide bonds. The number of hydrogen-bond donors (Lipinski definition) is 2. The molecule has 1 unspecified atom stereocenters. The summed E-state index contributed by atoms with van der Waals surface area (Å²) in [6, 6.07) is 7.99. The fraction of sp³-hybridized carbons (Fsp3) is 0.588. The molecule has 2 fully saturated rings. The summed E-state index contributed by atoms with van der Waals surface area (Å²) in [6.45, 7) is 1.76. The molecule has 0 bridgehead atoms. The molecule has 1 aliphatic carbocycles. The molecule has 1 aromatic carbocycles. The average Bonchev–Trinajstić information content (AvgIpc) is 3.03. The first-order chi connectivity index (χ1) is 10.2. The van der Waals surface area contributed by atoms with Crippen LogP contribution in [0.25, 0.3) is 0 Å². The number of amides is 1. The third kappa shape index (κ3) is 3.24. The van der Waals surface area contributed by atoms with Crippen molar-refractivity contribution in [1.82, 2.24) is 10.6 Å². The van der Waals surface area contributed by atoms with Crippen LogP contribution in [0.3, 0.4) is 0 Å². The van der Waals surface area contributed by atoms with E-state index in [1.54, 1.807) is 0 Å². The van der Waals surface area contributed by atoms with Crippen LogP contribution in [0.5, 0.6) is 0 Å². The van der Waals surface area contributed by atoms with Crippen molar-refractivity contribution in [1.29, 1.82) is 0 Å². The van der Waals surface area contributed by atoms with Crippen LogP contribution >= 0.6 is 11.6 Å². The lowest BCUT2D eigenvalue weighted by molar-refractivity contribution is -0.127. The third-order valence-corrected chi connectivity index (χ3v) is 5.15. The zero-order chi connectivity index (χ0) is 14.7. The van der Waals surface area contributed by atoms with E-state index >= 15 is 0 Å². The fourth-order valence-electron chi connectivity index (χ4n) is 3.63. The molecule has 2 aliphatic rings. The van der Waals surface area contributed by atoms with Gasteiger partial charge < -0.3 is 10.6 Å². The van der Waals surface area contributed by atoms with E-state index in [1.807, 2.05) is 12.1 Å². The molecule has 21 heavy (non-hydrogen) atoms. The van der Waals surface area contributed by atoms with Gasteiger partial charge in [-0.2, -0.15) is 0 Å². The highest BCUT2D eigenvalue weighted by Gasteiger charge is 2.37. The van der Waals surface area contributed by atoms with E-state index in [-0.39, 0.29) is 17.4 Å². The summed E-state index contributed by atoms with van der Waals surface area (Å²) in [5.41, 5.74) is 1.01. The first-order valence-electron chi connectivity index (χ1n) is 7.98.